The Kier molecular flexibility index (Phi) is 4.70. The Hall–Kier alpha value is -1.22. The van der Waals surface area contributed by atoms with E-state index in [0.29, 0.717) is 5.41 Å². The topological polar surface area (TPSA) is 30.5 Å². The summed E-state index contributed by atoms with van der Waals surface area (Å²) >= 11 is 0. The van der Waals surface area contributed by atoms with Gasteiger partial charge in [0.2, 0.25) is 0 Å². The monoisotopic (exact) mass is 263 g/mol. The number of hydrogen-bond donors (Lipinski definition) is 1. The van der Waals surface area contributed by atoms with Crippen molar-refractivity contribution in [1.82, 2.24) is 5.32 Å². The Balaban J connectivity index is 1.81. The molecule has 1 atom stereocenters. The molecule has 1 unspecified atom stereocenters. The van der Waals surface area contributed by atoms with Crippen molar-refractivity contribution in [3.05, 3.63) is 24.3 Å². The van der Waals surface area contributed by atoms with Gasteiger partial charge < -0.3 is 14.8 Å². The summed E-state index contributed by atoms with van der Waals surface area (Å²) in [6, 6.07) is 7.79. The van der Waals surface area contributed by atoms with Gasteiger partial charge in [0.15, 0.2) is 0 Å². The molecule has 0 spiro atoms. The van der Waals surface area contributed by atoms with Gasteiger partial charge in [-0.2, -0.15) is 0 Å². The first kappa shape index (κ1) is 14.2. The van der Waals surface area contributed by atoms with Gasteiger partial charge in [-0.15, -0.1) is 0 Å². The maximum Gasteiger partial charge on any atom is 0.119 e. The normalized spacial score (nSPS) is 17.8. The van der Waals surface area contributed by atoms with Crippen LogP contribution in [0.15, 0.2) is 24.3 Å². The van der Waals surface area contributed by atoms with Crippen molar-refractivity contribution < 1.29 is 9.47 Å². The summed E-state index contributed by atoms with van der Waals surface area (Å²) in [5.74, 6) is 2.66. The van der Waals surface area contributed by atoms with Gasteiger partial charge >= 0.3 is 0 Å². The molecule has 3 nitrogen and oxygen atoms in total. The van der Waals surface area contributed by atoms with Crippen molar-refractivity contribution in [2.45, 2.75) is 26.2 Å². The summed E-state index contributed by atoms with van der Waals surface area (Å²) in [6.45, 7) is 4.23. The molecule has 1 fully saturated rings. The Morgan fingerprint density at radius 3 is 2.37 bits per heavy atom. The molecule has 0 aliphatic heterocycles. The average Bonchev–Trinajstić information content (AvgIpc) is 3.24. The number of methoxy groups -OCH3 is 1. The molecular weight excluding hydrogens is 238 g/mol. The van der Waals surface area contributed by atoms with Crippen LogP contribution in [0.3, 0.4) is 0 Å². The summed E-state index contributed by atoms with van der Waals surface area (Å²) in [7, 11) is 3.71. The van der Waals surface area contributed by atoms with Crippen molar-refractivity contribution in [3.8, 4) is 11.5 Å². The van der Waals surface area contributed by atoms with Crippen LogP contribution in [-0.2, 0) is 0 Å². The highest BCUT2D eigenvalue weighted by Crippen LogP contribution is 2.47. The number of benzene rings is 1. The Bertz CT molecular complexity index is 386. The van der Waals surface area contributed by atoms with E-state index in [4.69, 9.17) is 9.47 Å². The third-order valence-electron chi connectivity index (χ3n) is 4.14. The van der Waals surface area contributed by atoms with Gasteiger partial charge in [-0.25, -0.2) is 0 Å². The highest BCUT2D eigenvalue weighted by molar-refractivity contribution is 5.31. The van der Waals surface area contributed by atoms with Gasteiger partial charge in [0.1, 0.15) is 11.5 Å². The molecule has 1 aromatic rings. The summed E-state index contributed by atoms with van der Waals surface area (Å²) < 4.78 is 11.0. The molecule has 1 aliphatic carbocycles. The standard InChI is InChI=1S/C16H25NO2/c1-16(12-17-2,13-4-5-13)10-11-19-15-8-6-14(18-3)7-9-15/h6-9,13,17H,4-5,10-12H2,1-3H3. The van der Waals surface area contributed by atoms with Gasteiger partial charge in [-0.05, 0) is 61.9 Å². The molecule has 1 aromatic carbocycles. The van der Waals surface area contributed by atoms with Crippen LogP contribution in [0.1, 0.15) is 26.2 Å². The molecule has 0 aromatic heterocycles. The summed E-state index contributed by atoms with van der Waals surface area (Å²) in [6.07, 6.45) is 3.85. The van der Waals surface area contributed by atoms with Crippen molar-refractivity contribution in [2.24, 2.45) is 11.3 Å². The van der Waals surface area contributed by atoms with Crippen LogP contribution >= 0.6 is 0 Å². The second kappa shape index (κ2) is 6.29. The zero-order chi connectivity index (χ0) is 13.7. The fourth-order valence-electron chi connectivity index (χ4n) is 2.69. The predicted octanol–water partition coefficient (Wildman–Crippen LogP) is 3.10. The predicted molar refractivity (Wildman–Crippen MR) is 77.9 cm³/mol. The van der Waals surface area contributed by atoms with Gasteiger partial charge in [0.25, 0.3) is 0 Å². The Labute approximate surface area is 116 Å². The van der Waals surface area contributed by atoms with E-state index in [2.05, 4.69) is 12.2 Å². The highest BCUT2D eigenvalue weighted by atomic mass is 16.5. The first-order valence-electron chi connectivity index (χ1n) is 7.09. The molecule has 2 rings (SSSR count). The molecule has 19 heavy (non-hydrogen) atoms. The van der Waals surface area contributed by atoms with Crippen molar-refractivity contribution in [3.63, 3.8) is 0 Å². The van der Waals surface area contributed by atoms with E-state index >= 15 is 0 Å². The minimum absolute atomic E-state index is 0.376. The molecule has 106 valence electrons. The first-order chi connectivity index (χ1) is 9.18. The van der Waals surface area contributed by atoms with Crippen LogP contribution in [0.5, 0.6) is 11.5 Å². The van der Waals surface area contributed by atoms with Gasteiger partial charge in [0, 0.05) is 6.54 Å². The summed E-state index contributed by atoms with van der Waals surface area (Å²) in [4.78, 5) is 0. The summed E-state index contributed by atoms with van der Waals surface area (Å²) in [5.41, 5.74) is 0.376. The molecule has 1 aliphatic rings. The lowest BCUT2D eigenvalue weighted by Gasteiger charge is -2.29. The van der Waals surface area contributed by atoms with E-state index in [0.717, 1.165) is 37.0 Å². The van der Waals surface area contributed by atoms with E-state index in [9.17, 15) is 0 Å². The minimum atomic E-state index is 0.376. The molecule has 0 radical (unpaired) electrons. The van der Waals surface area contributed by atoms with E-state index in [1.54, 1.807) is 7.11 Å². The lowest BCUT2D eigenvalue weighted by Crippen LogP contribution is -2.33. The number of hydrogen-bond acceptors (Lipinski definition) is 3. The zero-order valence-electron chi connectivity index (χ0n) is 12.2. The number of rotatable bonds is 8. The number of nitrogens with one attached hydrogen (secondary N) is 1. The molecule has 0 saturated heterocycles. The Morgan fingerprint density at radius 2 is 1.84 bits per heavy atom. The van der Waals surface area contributed by atoms with Gasteiger partial charge in [-0.3, -0.25) is 0 Å². The van der Waals surface area contributed by atoms with Crippen LogP contribution in [0, 0.1) is 11.3 Å². The lowest BCUT2D eigenvalue weighted by molar-refractivity contribution is 0.183. The fourth-order valence-corrected chi connectivity index (χ4v) is 2.69. The average molecular weight is 263 g/mol. The minimum Gasteiger partial charge on any atom is -0.497 e. The van der Waals surface area contributed by atoms with Gasteiger partial charge in [0.05, 0.1) is 13.7 Å². The van der Waals surface area contributed by atoms with E-state index in [1.165, 1.54) is 12.8 Å². The van der Waals surface area contributed by atoms with Crippen molar-refractivity contribution >= 4 is 0 Å². The van der Waals surface area contributed by atoms with Crippen LogP contribution in [0.4, 0.5) is 0 Å². The summed E-state index contributed by atoms with van der Waals surface area (Å²) in [5, 5.41) is 3.32. The van der Waals surface area contributed by atoms with E-state index < -0.39 is 0 Å². The SMILES string of the molecule is CNCC(C)(CCOc1ccc(OC)cc1)C1CC1. The molecule has 0 bridgehead atoms. The molecule has 0 amide bonds. The second-order valence-electron chi connectivity index (χ2n) is 5.73. The molecule has 3 heteroatoms. The maximum absolute atomic E-state index is 5.84. The van der Waals surface area contributed by atoms with Crippen LogP contribution in [-0.4, -0.2) is 27.3 Å². The second-order valence-corrected chi connectivity index (χ2v) is 5.73. The highest BCUT2D eigenvalue weighted by Gasteiger charge is 2.40. The van der Waals surface area contributed by atoms with Crippen LogP contribution < -0.4 is 14.8 Å². The van der Waals surface area contributed by atoms with Crippen LogP contribution in [0.25, 0.3) is 0 Å². The number of ether oxygens (including phenoxy) is 2. The molecule has 0 heterocycles. The largest absolute Gasteiger partial charge is 0.497 e. The fraction of sp³-hybridized carbons (Fsp3) is 0.625. The van der Waals surface area contributed by atoms with Crippen molar-refractivity contribution in [2.75, 3.05) is 27.3 Å². The van der Waals surface area contributed by atoms with E-state index in [-0.39, 0.29) is 0 Å². The quantitative estimate of drug-likeness (QED) is 0.782. The Morgan fingerprint density at radius 1 is 1.21 bits per heavy atom. The maximum atomic E-state index is 5.84. The van der Waals surface area contributed by atoms with Gasteiger partial charge in [-0.1, -0.05) is 6.92 Å². The zero-order valence-corrected chi connectivity index (χ0v) is 12.2. The third-order valence-corrected chi connectivity index (χ3v) is 4.14. The smallest absolute Gasteiger partial charge is 0.119 e. The van der Waals surface area contributed by atoms with Crippen LogP contribution in [0.2, 0.25) is 0 Å². The molecule has 1 saturated carbocycles. The third kappa shape index (κ3) is 3.87. The van der Waals surface area contributed by atoms with E-state index in [1.807, 2.05) is 31.3 Å². The lowest BCUT2D eigenvalue weighted by atomic mass is 9.81. The molecule has 1 N–H and O–H groups in total. The molecular formula is C16H25NO2. The first-order valence-corrected chi connectivity index (χ1v) is 7.09. The van der Waals surface area contributed by atoms with Crippen molar-refractivity contribution in [1.29, 1.82) is 0 Å².